The zero-order chi connectivity index (χ0) is 24.4. The Morgan fingerprint density at radius 2 is 1.86 bits per heavy atom. The van der Waals surface area contributed by atoms with Gasteiger partial charge in [0.15, 0.2) is 0 Å². The number of para-hydroxylation sites is 1. The monoisotopic (exact) mass is 472 g/mol. The first-order valence-corrected chi connectivity index (χ1v) is 11.8. The lowest BCUT2D eigenvalue weighted by Crippen LogP contribution is -2.31. The summed E-state index contributed by atoms with van der Waals surface area (Å²) in [4.78, 5) is 37.2. The van der Waals surface area contributed by atoms with Crippen molar-refractivity contribution < 1.29 is 9.53 Å². The Kier molecular flexibility index (Phi) is 6.22. The van der Waals surface area contributed by atoms with E-state index in [4.69, 9.17) is 4.74 Å². The molecule has 35 heavy (non-hydrogen) atoms. The third-order valence-electron chi connectivity index (χ3n) is 6.67. The van der Waals surface area contributed by atoms with Gasteiger partial charge in [-0.15, -0.1) is 0 Å². The molecule has 4 aromatic rings. The normalized spacial score (nSPS) is 17.8. The van der Waals surface area contributed by atoms with Gasteiger partial charge in [0.05, 0.1) is 23.8 Å². The molecule has 180 valence electrons. The molecule has 3 N–H and O–H groups in total. The number of hydrogen-bond donors (Lipinski definition) is 3. The van der Waals surface area contributed by atoms with Gasteiger partial charge in [0, 0.05) is 36.1 Å². The first kappa shape index (κ1) is 22.6. The fraction of sp³-hybridized carbons (Fsp3) is 0.308. The summed E-state index contributed by atoms with van der Waals surface area (Å²) in [5, 5.41) is 6.20. The summed E-state index contributed by atoms with van der Waals surface area (Å²) in [6.45, 7) is 1.97. The van der Waals surface area contributed by atoms with Crippen LogP contribution in [-0.4, -0.2) is 32.5 Å². The molecule has 0 atom stereocenters. The number of rotatable bonds is 6. The number of benzene rings is 2. The minimum absolute atomic E-state index is 0.00924. The molecule has 5 rings (SSSR count). The highest BCUT2D eigenvalue weighted by atomic mass is 16.5. The van der Waals surface area contributed by atoms with Crippen LogP contribution in [0, 0.1) is 12.8 Å². The predicted octanol–water partition coefficient (Wildman–Crippen LogP) is 4.55. The number of fused-ring (bicyclic) bond motifs is 1. The molecular formula is C26H28N6O3. The Morgan fingerprint density at radius 3 is 2.60 bits per heavy atom. The van der Waals surface area contributed by atoms with Crippen LogP contribution in [0.1, 0.15) is 37.3 Å². The van der Waals surface area contributed by atoms with Crippen molar-refractivity contribution in [3.05, 3.63) is 70.9 Å². The van der Waals surface area contributed by atoms with Crippen molar-refractivity contribution in [3.8, 4) is 5.75 Å². The average molecular weight is 473 g/mol. The van der Waals surface area contributed by atoms with Gasteiger partial charge in [0.1, 0.15) is 5.75 Å². The van der Waals surface area contributed by atoms with E-state index in [1.165, 1.54) is 0 Å². The Morgan fingerprint density at radius 1 is 1.09 bits per heavy atom. The van der Waals surface area contributed by atoms with Crippen molar-refractivity contribution in [1.82, 2.24) is 19.5 Å². The maximum absolute atomic E-state index is 12.9. The number of carbonyl (C=O) groups excluding carboxylic acids is 1. The number of aromatic amines is 1. The molecule has 1 aliphatic rings. The number of hydrogen-bond acceptors (Lipinski definition) is 6. The highest BCUT2D eigenvalue weighted by Gasteiger charge is 2.29. The molecule has 0 unspecified atom stereocenters. The molecule has 2 heterocycles. The minimum atomic E-state index is -0.150. The fourth-order valence-electron chi connectivity index (χ4n) is 4.84. The molecule has 9 nitrogen and oxygen atoms in total. The van der Waals surface area contributed by atoms with E-state index in [-0.39, 0.29) is 23.6 Å². The standard InChI is InChI=1S/C26H28N6O3/c1-16-7-10-18(15-22(16)35-2)29-24(33)17-8-11-19(12-9-17)32-21-6-3-5-20(23(21)31-26(32)34)30-25-27-13-4-14-28-25/h3-7,10,13-15,17,19H,8-9,11-12H2,1-2H3,(H,29,33)(H,31,34)(H,27,28,30). The van der Waals surface area contributed by atoms with Gasteiger partial charge in [-0.1, -0.05) is 12.1 Å². The number of aryl methyl sites for hydroxylation is 1. The Labute approximate surface area is 202 Å². The third-order valence-corrected chi connectivity index (χ3v) is 6.67. The molecule has 0 aliphatic heterocycles. The maximum Gasteiger partial charge on any atom is 0.326 e. The van der Waals surface area contributed by atoms with Gasteiger partial charge < -0.3 is 20.4 Å². The Hall–Kier alpha value is -4.14. The Bertz CT molecular complexity index is 1400. The van der Waals surface area contributed by atoms with Crippen LogP contribution in [0.5, 0.6) is 5.75 Å². The molecular weight excluding hydrogens is 444 g/mol. The molecule has 0 radical (unpaired) electrons. The van der Waals surface area contributed by atoms with Crippen LogP contribution in [-0.2, 0) is 4.79 Å². The largest absolute Gasteiger partial charge is 0.496 e. The van der Waals surface area contributed by atoms with Crippen molar-refractivity contribution in [1.29, 1.82) is 0 Å². The number of nitrogens with zero attached hydrogens (tertiary/aromatic N) is 3. The molecule has 0 saturated heterocycles. The van der Waals surface area contributed by atoms with Gasteiger partial charge in [-0.3, -0.25) is 9.36 Å². The zero-order valence-corrected chi connectivity index (χ0v) is 19.7. The highest BCUT2D eigenvalue weighted by molar-refractivity contribution is 5.93. The zero-order valence-electron chi connectivity index (χ0n) is 19.7. The lowest BCUT2D eigenvalue weighted by Gasteiger charge is -2.28. The van der Waals surface area contributed by atoms with E-state index in [2.05, 4.69) is 25.6 Å². The van der Waals surface area contributed by atoms with Crippen molar-refractivity contribution in [2.45, 2.75) is 38.6 Å². The number of nitrogens with one attached hydrogen (secondary N) is 3. The van der Waals surface area contributed by atoms with E-state index in [1.807, 2.05) is 47.9 Å². The molecule has 1 saturated carbocycles. The first-order valence-electron chi connectivity index (χ1n) is 11.8. The molecule has 2 aromatic heterocycles. The predicted molar refractivity (Wildman–Crippen MR) is 135 cm³/mol. The summed E-state index contributed by atoms with van der Waals surface area (Å²) in [5.74, 6) is 1.13. The molecule has 0 bridgehead atoms. The lowest BCUT2D eigenvalue weighted by atomic mass is 9.85. The van der Waals surface area contributed by atoms with Crippen LogP contribution in [0.25, 0.3) is 11.0 Å². The minimum Gasteiger partial charge on any atom is -0.496 e. The second-order valence-corrected chi connectivity index (χ2v) is 8.88. The Balaban J connectivity index is 1.29. The van der Waals surface area contributed by atoms with Crippen molar-refractivity contribution >= 4 is 34.3 Å². The summed E-state index contributed by atoms with van der Waals surface area (Å²) < 4.78 is 7.18. The maximum atomic E-state index is 12.9. The molecule has 2 aromatic carbocycles. The van der Waals surface area contributed by atoms with Gasteiger partial charge in [-0.25, -0.2) is 14.8 Å². The number of H-pyrrole nitrogens is 1. The number of imidazole rings is 1. The SMILES string of the molecule is COc1cc(NC(=O)C2CCC(n3c(=O)[nH]c4c(Nc5ncccn5)cccc43)CC2)ccc1C. The van der Waals surface area contributed by atoms with Crippen molar-refractivity contribution in [3.63, 3.8) is 0 Å². The van der Waals surface area contributed by atoms with Crippen molar-refractivity contribution in [2.75, 3.05) is 17.7 Å². The number of methoxy groups -OCH3 is 1. The molecule has 9 heteroatoms. The van der Waals surface area contributed by atoms with E-state index >= 15 is 0 Å². The second-order valence-electron chi connectivity index (χ2n) is 8.88. The third kappa shape index (κ3) is 4.62. The smallest absolute Gasteiger partial charge is 0.326 e. The molecule has 1 fully saturated rings. The number of anilines is 3. The van der Waals surface area contributed by atoms with E-state index in [0.717, 1.165) is 46.6 Å². The number of ether oxygens (including phenoxy) is 1. The summed E-state index contributed by atoms with van der Waals surface area (Å²) >= 11 is 0. The summed E-state index contributed by atoms with van der Waals surface area (Å²) in [5.41, 5.74) is 3.89. The van der Waals surface area contributed by atoms with E-state index < -0.39 is 0 Å². The van der Waals surface area contributed by atoms with Gasteiger partial charge >= 0.3 is 5.69 Å². The quantitative estimate of drug-likeness (QED) is 0.379. The topological polar surface area (TPSA) is 114 Å². The van der Waals surface area contributed by atoms with Gasteiger partial charge in [-0.05, 0) is 62.4 Å². The van der Waals surface area contributed by atoms with Gasteiger partial charge in [-0.2, -0.15) is 0 Å². The van der Waals surface area contributed by atoms with Crippen LogP contribution < -0.4 is 21.1 Å². The summed E-state index contributed by atoms with van der Waals surface area (Å²) in [6, 6.07) is 13.2. The number of carbonyl (C=O) groups is 1. The van der Waals surface area contributed by atoms with Crippen LogP contribution >= 0.6 is 0 Å². The summed E-state index contributed by atoms with van der Waals surface area (Å²) in [6.07, 6.45) is 6.26. The lowest BCUT2D eigenvalue weighted by molar-refractivity contribution is -0.121. The number of amides is 1. The van der Waals surface area contributed by atoms with Gasteiger partial charge in [0.2, 0.25) is 11.9 Å². The molecule has 1 amide bonds. The van der Waals surface area contributed by atoms with Crippen LogP contribution in [0.3, 0.4) is 0 Å². The average Bonchev–Trinajstić information content (AvgIpc) is 3.22. The molecule has 0 spiro atoms. The molecule has 1 aliphatic carbocycles. The number of aromatic nitrogens is 4. The first-order chi connectivity index (χ1) is 17.0. The van der Waals surface area contributed by atoms with E-state index in [9.17, 15) is 9.59 Å². The second kappa shape index (κ2) is 9.61. The van der Waals surface area contributed by atoms with Crippen LogP contribution in [0.4, 0.5) is 17.3 Å². The summed E-state index contributed by atoms with van der Waals surface area (Å²) in [7, 11) is 1.62. The van der Waals surface area contributed by atoms with Crippen molar-refractivity contribution in [2.24, 2.45) is 5.92 Å². The van der Waals surface area contributed by atoms with Crippen LogP contribution in [0.15, 0.2) is 59.7 Å². The highest BCUT2D eigenvalue weighted by Crippen LogP contribution is 2.35. The van der Waals surface area contributed by atoms with Crippen LogP contribution in [0.2, 0.25) is 0 Å². The van der Waals surface area contributed by atoms with Gasteiger partial charge in [0.25, 0.3) is 0 Å². The van der Waals surface area contributed by atoms with E-state index in [0.29, 0.717) is 18.8 Å². The van der Waals surface area contributed by atoms with E-state index in [1.54, 1.807) is 25.6 Å². The fourth-order valence-corrected chi connectivity index (χ4v) is 4.84.